The van der Waals surface area contributed by atoms with Crippen molar-refractivity contribution in [3.8, 4) is 17.3 Å². The van der Waals surface area contributed by atoms with Gasteiger partial charge < -0.3 is 5.73 Å². The summed E-state index contributed by atoms with van der Waals surface area (Å²) in [4.78, 5) is 4.15. The van der Waals surface area contributed by atoms with Gasteiger partial charge in [0.2, 0.25) is 0 Å². The van der Waals surface area contributed by atoms with Crippen molar-refractivity contribution >= 4 is 28.9 Å². The van der Waals surface area contributed by atoms with Crippen molar-refractivity contribution in [1.29, 1.82) is 5.26 Å². The maximum Gasteiger partial charge on any atom is 0.101 e. The molecule has 0 fully saturated rings. The molecular formula is C12H7Cl2N3. The molecule has 84 valence electrons. The van der Waals surface area contributed by atoms with Gasteiger partial charge in [-0.15, -0.1) is 0 Å². The van der Waals surface area contributed by atoms with Crippen molar-refractivity contribution in [3.63, 3.8) is 0 Å². The van der Waals surface area contributed by atoms with Crippen molar-refractivity contribution in [2.75, 3.05) is 5.73 Å². The molecule has 1 heterocycles. The first-order valence-electron chi connectivity index (χ1n) is 4.73. The van der Waals surface area contributed by atoms with Crippen LogP contribution in [0.15, 0.2) is 30.5 Å². The van der Waals surface area contributed by atoms with Crippen LogP contribution >= 0.6 is 23.2 Å². The molecule has 1 aromatic carbocycles. The molecule has 17 heavy (non-hydrogen) atoms. The highest BCUT2D eigenvalue weighted by molar-refractivity contribution is 6.42. The molecule has 1 aromatic heterocycles. The van der Waals surface area contributed by atoms with Crippen molar-refractivity contribution in [2.24, 2.45) is 0 Å². The average molecular weight is 264 g/mol. The van der Waals surface area contributed by atoms with Gasteiger partial charge in [-0.1, -0.05) is 29.3 Å². The van der Waals surface area contributed by atoms with Crippen LogP contribution in [0.5, 0.6) is 0 Å². The fraction of sp³-hybridized carbons (Fsp3) is 0. The molecule has 2 aromatic rings. The van der Waals surface area contributed by atoms with Gasteiger partial charge in [0.25, 0.3) is 0 Å². The number of nitrogens with two attached hydrogens (primary N) is 1. The summed E-state index contributed by atoms with van der Waals surface area (Å²) < 4.78 is 0. The van der Waals surface area contributed by atoms with Crippen LogP contribution in [0, 0.1) is 11.3 Å². The maximum absolute atomic E-state index is 8.88. The van der Waals surface area contributed by atoms with E-state index in [-0.39, 0.29) is 0 Å². The Morgan fingerprint density at radius 2 is 1.94 bits per heavy atom. The normalized spacial score (nSPS) is 9.94. The molecule has 0 bridgehead atoms. The summed E-state index contributed by atoms with van der Waals surface area (Å²) in [7, 11) is 0. The third-order valence-electron chi connectivity index (χ3n) is 2.27. The summed E-state index contributed by atoms with van der Waals surface area (Å²) in [5, 5.41) is 9.81. The van der Waals surface area contributed by atoms with Gasteiger partial charge >= 0.3 is 0 Å². The molecule has 0 unspecified atom stereocenters. The molecule has 0 spiro atoms. The van der Waals surface area contributed by atoms with E-state index in [1.54, 1.807) is 24.3 Å². The van der Waals surface area contributed by atoms with Crippen molar-refractivity contribution in [3.05, 3.63) is 46.1 Å². The van der Waals surface area contributed by atoms with Crippen LogP contribution < -0.4 is 5.73 Å². The van der Waals surface area contributed by atoms with Crippen LogP contribution in [-0.2, 0) is 0 Å². The summed E-state index contributed by atoms with van der Waals surface area (Å²) >= 11 is 11.7. The van der Waals surface area contributed by atoms with Crippen LogP contribution in [0.1, 0.15) is 5.56 Å². The number of nitrogens with zero attached hydrogens (tertiary/aromatic N) is 2. The number of hydrogen-bond donors (Lipinski definition) is 1. The van der Waals surface area contributed by atoms with E-state index in [0.717, 1.165) is 5.56 Å². The zero-order valence-corrected chi connectivity index (χ0v) is 10.1. The lowest BCUT2D eigenvalue weighted by Crippen LogP contribution is -1.93. The van der Waals surface area contributed by atoms with Gasteiger partial charge in [0, 0.05) is 5.56 Å². The number of pyridine rings is 1. The number of aromatic nitrogens is 1. The van der Waals surface area contributed by atoms with Gasteiger partial charge in [-0.2, -0.15) is 5.26 Å². The Bertz CT molecular complexity index is 618. The lowest BCUT2D eigenvalue weighted by atomic mass is 10.1. The topological polar surface area (TPSA) is 62.7 Å². The molecule has 0 aliphatic rings. The zero-order valence-electron chi connectivity index (χ0n) is 8.61. The molecule has 0 aliphatic carbocycles. The quantitative estimate of drug-likeness (QED) is 0.857. The smallest absolute Gasteiger partial charge is 0.101 e. The largest absolute Gasteiger partial charge is 0.396 e. The highest BCUT2D eigenvalue weighted by Crippen LogP contribution is 2.28. The average Bonchev–Trinajstić information content (AvgIpc) is 2.33. The van der Waals surface area contributed by atoms with Crippen LogP contribution in [-0.4, -0.2) is 4.98 Å². The van der Waals surface area contributed by atoms with E-state index in [1.807, 2.05) is 6.07 Å². The van der Waals surface area contributed by atoms with Crippen molar-refractivity contribution in [1.82, 2.24) is 4.98 Å². The van der Waals surface area contributed by atoms with Crippen molar-refractivity contribution < 1.29 is 0 Å². The first-order chi connectivity index (χ1) is 8.11. The number of benzene rings is 1. The first kappa shape index (κ1) is 11.7. The molecule has 5 heteroatoms. The van der Waals surface area contributed by atoms with E-state index in [0.29, 0.717) is 27.0 Å². The highest BCUT2D eigenvalue weighted by atomic mass is 35.5. The molecule has 0 saturated heterocycles. The van der Waals surface area contributed by atoms with E-state index in [2.05, 4.69) is 4.98 Å². The third-order valence-corrected chi connectivity index (χ3v) is 3.01. The number of rotatable bonds is 1. The van der Waals surface area contributed by atoms with Gasteiger partial charge in [0.15, 0.2) is 0 Å². The Kier molecular flexibility index (Phi) is 3.19. The predicted octanol–water partition coefficient (Wildman–Crippen LogP) is 3.51. The lowest BCUT2D eigenvalue weighted by molar-refractivity contribution is 1.31. The van der Waals surface area contributed by atoms with E-state index in [4.69, 9.17) is 34.2 Å². The third kappa shape index (κ3) is 2.33. The van der Waals surface area contributed by atoms with Gasteiger partial charge in [-0.05, 0) is 18.2 Å². The second-order valence-corrected chi connectivity index (χ2v) is 4.21. The molecule has 0 amide bonds. The molecule has 2 N–H and O–H groups in total. The van der Waals surface area contributed by atoms with Crippen LogP contribution in [0.2, 0.25) is 10.0 Å². The highest BCUT2D eigenvalue weighted by Gasteiger charge is 2.06. The number of hydrogen-bond acceptors (Lipinski definition) is 3. The Morgan fingerprint density at radius 3 is 2.59 bits per heavy atom. The Labute approximate surface area is 108 Å². The van der Waals surface area contributed by atoms with Gasteiger partial charge in [0.05, 0.1) is 33.2 Å². The molecular weight excluding hydrogens is 257 g/mol. The molecule has 2 rings (SSSR count). The molecule has 0 radical (unpaired) electrons. The number of halogens is 2. The monoisotopic (exact) mass is 263 g/mol. The summed E-state index contributed by atoms with van der Waals surface area (Å²) in [6.45, 7) is 0. The summed E-state index contributed by atoms with van der Waals surface area (Å²) in [5.41, 5.74) is 7.77. The van der Waals surface area contributed by atoms with E-state index in [1.165, 1.54) is 6.20 Å². The number of anilines is 1. The predicted molar refractivity (Wildman–Crippen MR) is 68.8 cm³/mol. The molecule has 0 saturated carbocycles. The minimum Gasteiger partial charge on any atom is -0.396 e. The second-order valence-electron chi connectivity index (χ2n) is 3.40. The van der Waals surface area contributed by atoms with Crippen LogP contribution in [0.4, 0.5) is 5.69 Å². The summed E-state index contributed by atoms with van der Waals surface area (Å²) in [6.07, 6.45) is 1.45. The number of nitriles is 1. The van der Waals surface area contributed by atoms with Gasteiger partial charge in [-0.25, -0.2) is 0 Å². The zero-order chi connectivity index (χ0) is 12.4. The Balaban J connectivity index is 2.54. The Morgan fingerprint density at radius 1 is 1.18 bits per heavy atom. The van der Waals surface area contributed by atoms with Crippen LogP contribution in [0.3, 0.4) is 0 Å². The Hall–Kier alpha value is -1.76. The van der Waals surface area contributed by atoms with E-state index < -0.39 is 0 Å². The SMILES string of the molecule is N#Cc1cc(-c2ccc(Cl)c(Cl)c2)ncc1N. The molecule has 0 atom stereocenters. The van der Waals surface area contributed by atoms with E-state index in [9.17, 15) is 0 Å². The fourth-order valence-electron chi connectivity index (χ4n) is 1.38. The number of nitrogen functional groups attached to an aromatic ring is 1. The first-order valence-corrected chi connectivity index (χ1v) is 5.48. The summed E-state index contributed by atoms with van der Waals surface area (Å²) in [5.74, 6) is 0. The van der Waals surface area contributed by atoms with Gasteiger partial charge in [-0.3, -0.25) is 4.98 Å². The van der Waals surface area contributed by atoms with Gasteiger partial charge in [0.1, 0.15) is 6.07 Å². The second kappa shape index (κ2) is 4.62. The molecule has 0 aliphatic heterocycles. The maximum atomic E-state index is 8.88. The fourth-order valence-corrected chi connectivity index (χ4v) is 1.67. The van der Waals surface area contributed by atoms with Crippen LogP contribution in [0.25, 0.3) is 11.3 Å². The molecule has 3 nitrogen and oxygen atoms in total. The summed E-state index contributed by atoms with van der Waals surface area (Å²) in [6, 6.07) is 8.79. The van der Waals surface area contributed by atoms with E-state index >= 15 is 0 Å². The minimum absolute atomic E-state index is 0.358. The minimum atomic E-state index is 0.358. The van der Waals surface area contributed by atoms with Crippen molar-refractivity contribution in [2.45, 2.75) is 0 Å². The lowest BCUT2D eigenvalue weighted by Gasteiger charge is -2.04. The standard InChI is InChI=1S/C12H7Cl2N3/c13-9-2-1-7(3-10(9)14)12-4-8(5-15)11(16)6-17-12/h1-4,6H,16H2.